The van der Waals surface area contributed by atoms with E-state index in [-0.39, 0.29) is 16.6 Å². The first-order valence-electron chi connectivity index (χ1n) is 9.59. The first kappa shape index (κ1) is 22.5. The third-order valence-electron chi connectivity index (χ3n) is 4.53. The number of sulfonamides is 1. The zero-order chi connectivity index (χ0) is 22.1. The molecule has 1 amide bonds. The normalized spacial score (nSPS) is 15.9. The molecule has 0 radical (unpaired) electrons. The number of carbonyl (C=O) groups is 1. The number of benzene rings is 1. The Morgan fingerprint density at radius 1 is 1.30 bits per heavy atom. The van der Waals surface area contributed by atoms with E-state index in [0.29, 0.717) is 10.4 Å². The number of hydrogen-bond donors (Lipinski definition) is 4. The lowest BCUT2D eigenvalue weighted by atomic mass is 10.1. The van der Waals surface area contributed by atoms with E-state index in [0.717, 1.165) is 31.1 Å². The van der Waals surface area contributed by atoms with Crippen molar-refractivity contribution in [3.05, 3.63) is 24.4 Å². The third kappa shape index (κ3) is 5.48. The number of piperidine rings is 1. The predicted molar refractivity (Wildman–Crippen MR) is 119 cm³/mol. The highest BCUT2D eigenvalue weighted by Crippen LogP contribution is 2.37. The Kier molecular flexibility index (Phi) is 6.37. The van der Waals surface area contributed by atoms with Crippen LogP contribution in [0.1, 0.15) is 33.6 Å². The van der Waals surface area contributed by atoms with Gasteiger partial charge in [0.1, 0.15) is 0 Å². The number of nitrogens with zero attached hydrogens (tertiary/aromatic N) is 2. The quantitative estimate of drug-likeness (QED) is 0.546. The van der Waals surface area contributed by atoms with Gasteiger partial charge in [0, 0.05) is 42.1 Å². The van der Waals surface area contributed by atoms with E-state index in [9.17, 15) is 13.2 Å². The molecule has 1 aromatic carbocycles. The summed E-state index contributed by atoms with van der Waals surface area (Å²) in [6.07, 6.45) is 2.17. The maximum Gasteiger partial charge on any atom is 0.409 e. The van der Waals surface area contributed by atoms with Gasteiger partial charge in [-0.15, -0.1) is 0 Å². The Labute approximate surface area is 180 Å². The van der Waals surface area contributed by atoms with Crippen molar-refractivity contribution in [2.75, 3.05) is 23.3 Å². The number of nitrogens with one attached hydrogen (secondary N) is 2. The van der Waals surface area contributed by atoms with E-state index in [1.807, 2.05) is 0 Å². The summed E-state index contributed by atoms with van der Waals surface area (Å²) >= 11 is 1.41. The van der Waals surface area contributed by atoms with Crippen LogP contribution in [-0.2, 0) is 10.0 Å². The van der Waals surface area contributed by atoms with Crippen molar-refractivity contribution < 1.29 is 18.3 Å². The van der Waals surface area contributed by atoms with Crippen LogP contribution in [0.5, 0.6) is 0 Å². The van der Waals surface area contributed by atoms with E-state index in [2.05, 4.69) is 19.9 Å². The van der Waals surface area contributed by atoms with Crippen LogP contribution in [0.15, 0.2) is 29.3 Å². The Balaban J connectivity index is 2.01. The van der Waals surface area contributed by atoms with Crippen LogP contribution in [-0.4, -0.2) is 49.3 Å². The number of anilines is 2. The molecule has 0 aliphatic carbocycles. The SMILES string of the molecule is CC(C)(C)NS(=O)(=O)c1cc(NC(=O)O)ccc1-c1cnc(N2CCC(N)CC2)s1. The Hall–Kier alpha value is -2.21. The zero-order valence-electron chi connectivity index (χ0n) is 17.2. The van der Waals surface area contributed by atoms with E-state index >= 15 is 0 Å². The van der Waals surface area contributed by atoms with Gasteiger partial charge < -0.3 is 15.7 Å². The predicted octanol–water partition coefficient (Wildman–Crippen LogP) is 2.90. The topological polar surface area (TPSA) is 138 Å². The largest absolute Gasteiger partial charge is 0.465 e. The lowest BCUT2D eigenvalue weighted by molar-refractivity contribution is 0.209. The molecule has 9 nitrogen and oxygen atoms in total. The second-order valence-corrected chi connectivity index (χ2v) is 11.0. The second-order valence-electron chi connectivity index (χ2n) is 8.33. The van der Waals surface area contributed by atoms with Gasteiger partial charge >= 0.3 is 6.09 Å². The van der Waals surface area contributed by atoms with Crippen LogP contribution >= 0.6 is 11.3 Å². The van der Waals surface area contributed by atoms with Crippen LogP contribution in [0.2, 0.25) is 0 Å². The molecule has 0 atom stereocenters. The summed E-state index contributed by atoms with van der Waals surface area (Å²) in [5.41, 5.74) is 5.92. The molecule has 30 heavy (non-hydrogen) atoms. The number of nitrogens with two attached hydrogens (primary N) is 1. The second kappa shape index (κ2) is 8.50. The standard InChI is InChI=1S/C19H27N5O4S2/c1-19(2,3)23-30(27,28)16-10-13(22-18(25)26)4-5-14(16)15-11-21-17(29-15)24-8-6-12(20)7-9-24/h4-5,10-12,22-23H,6-9,20H2,1-3H3,(H,25,26). The monoisotopic (exact) mass is 453 g/mol. The maximum atomic E-state index is 13.1. The highest BCUT2D eigenvalue weighted by atomic mass is 32.2. The lowest BCUT2D eigenvalue weighted by Gasteiger charge is -2.29. The molecular weight excluding hydrogens is 426 g/mol. The van der Waals surface area contributed by atoms with E-state index < -0.39 is 21.7 Å². The van der Waals surface area contributed by atoms with E-state index in [1.165, 1.54) is 17.4 Å². The molecule has 1 aliphatic heterocycles. The molecule has 0 spiro atoms. The van der Waals surface area contributed by atoms with Crippen molar-refractivity contribution >= 4 is 38.3 Å². The average Bonchev–Trinajstić information content (AvgIpc) is 3.09. The molecule has 1 aliphatic rings. The zero-order valence-corrected chi connectivity index (χ0v) is 18.8. The lowest BCUT2D eigenvalue weighted by Crippen LogP contribution is -2.40. The van der Waals surface area contributed by atoms with Gasteiger partial charge in [-0.05, 0) is 45.7 Å². The first-order valence-corrected chi connectivity index (χ1v) is 11.9. The van der Waals surface area contributed by atoms with Gasteiger partial charge in [-0.25, -0.2) is 22.9 Å². The van der Waals surface area contributed by atoms with Crippen LogP contribution in [0.25, 0.3) is 10.4 Å². The number of hydrogen-bond acceptors (Lipinski definition) is 7. The van der Waals surface area contributed by atoms with Crippen LogP contribution in [0, 0.1) is 0 Å². The van der Waals surface area contributed by atoms with Gasteiger partial charge in [0.25, 0.3) is 0 Å². The highest BCUT2D eigenvalue weighted by Gasteiger charge is 2.27. The molecule has 0 saturated carbocycles. The molecule has 0 bridgehead atoms. The van der Waals surface area contributed by atoms with Crippen molar-refractivity contribution in [1.82, 2.24) is 9.71 Å². The van der Waals surface area contributed by atoms with Crippen LogP contribution < -0.4 is 20.7 Å². The molecule has 11 heteroatoms. The minimum atomic E-state index is -3.91. The summed E-state index contributed by atoms with van der Waals surface area (Å²) in [5, 5.41) is 12.0. The third-order valence-corrected chi connectivity index (χ3v) is 7.42. The van der Waals surface area contributed by atoms with Gasteiger partial charge in [0.2, 0.25) is 10.0 Å². The van der Waals surface area contributed by atoms with Crippen LogP contribution in [0.3, 0.4) is 0 Å². The Morgan fingerprint density at radius 3 is 2.57 bits per heavy atom. The highest BCUT2D eigenvalue weighted by molar-refractivity contribution is 7.89. The summed E-state index contributed by atoms with van der Waals surface area (Å²) in [4.78, 5) is 18.3. The molecule has 3 rings (SSSR count). The molecule has 5 N–H and O–H groups in total. The number of thiazole rings is 1. The minimum absolute atomic E-state index is 0.000425. The summed E-state index contributed by atoms with van der Waals surface area (Å²) in [6, 6.07) is 4.68. The van der Waals surface area contributed by atoms with E-state index in [1.54, 1.807) is 39.1 Å². The van der Waals surface area contributed by atoms with Crippen molar-refractivity contribution in [1.29, 1.82) is 0 Å². The van der Waals surface area contributed by atoms with Crippen molar-refractivity contribution in [2.45, 2.75) is 50.1 Å². The molecule has 2 aromatic rings. The number of aromatic nitrogens is 1. The van der Waals surface area contributed by atoms with Gasteiger partial charge in [0.15, 0.2) is 5.13 Å². The van der Waals surface area contributed by atoms with Gasteiger partial charge in [-0.3, -0.25) is 5.32 Å². The fraction of sp³-hybridized carbons (Fsp3) is 0.474. The summed E-state index contributed by atoms with van der Waals surface area (Å²) in [5.74, 6) is 0. The van der Waals surface area contributed by atoms with Gasteiger partial charge in [-0.2, -0.15) is 0 Å². The number of carboxylic acid groups (broad SMARTS) is 1. The van der Waals surface area contributed by atoms with Crippen molar-refractivity contribution in [3.63, 3.8) is 0 Å². The van der Waals surface area contributed by atoms with E-state index in [4.69, 9.17) is 10.8 Å². The fourth-order valence-corrected chi connectivity index (χ4v) is 5.97. The molecule has 2 heterocycles. The first-order chi connectivity index (χ1) is 13.9. The number of rotatable bonds is 5. The summed E-state index contributed by atoms with van der Waals surface area (Å²) < 4.78 is 28.8. The molecule has 0 unspecified atom stereocenters. The Bertz CT molecular complexity index is 1020. The molecule has 1 fully saturated rings. The smallest absolute Gasteiger partial charge is 0.409 e. The van der Waals surface area contributed by atoms with Crippen LogP contribution in [0.4, 0.5) is 15.6 Å². The molecule has 1 saturated heterocycles. The molecule has 164 valence electrons. The summed E-state index contributed by atoms with van der Waals surface area (Å²) in [6.45, 7) is 6.86. The minimum Gasteiger partial charge on any atom is -0.465 e. The number of amides is 1. The molecular formula is C19H27N5O4S2. The maximum absolute atomic E-state index is 13.1. The average molecular weight is 454 g/mol. The molecule has 1 aromatic heterocycles. The van der Waals surface area contributed by atoms with Gasteiger partial charge in [-0.1, -0.05) is 17.4 Å². The van der Waals surface area contributed by atoms with Crippen molar-refractivity contribution in [2.24, 2.45) is 5.73 Å². The Morgan fingerprint density at radius 2 is 1.97 bits per heavy atom. The van der Waals surface area contributed by atoms with Gasteiger partial charge in [0.05, 0.1) is 9.77 Å². The van der Waals surface area contributed by atoms with Crippen molar-refractivity contribution in [3.8, 4) is 10.4 Å². The fourth-order valence-electron chi connectivity index (χ4n) is 3.23. The summed E-state index contributed by atoms with van der Waals surface area (Å²) in [7, 11) is -3.91.